The van der Waals surface area contributed by atoms with Crippen LogP contribution < -0.4 is 0 Å². The molecule has 3 nitrogen and oxygen atoms in total. The Bertz CT molecular complexity index is 531. The van der Waals surface area contributed by atoms with E-state index in [4.69, 9.17) is 0 Å². The van der Waals surface area contributed by atoms with Crippen LogP contribution in [-0.2, 0) is 26.9 Å². The van der Waals surface area contributed by atoms with Gasteiger partial charge < -0.3 is 4.57 Å². The minimum absolute atomic E-state index is 1.12. The number of nitrogens with zero attached hydrogens (tertiary/aromatic N) is 3. The molecule has 1 aliphatic rings. The lowest BCUT2D eigenvalue weighted by atomic mass is 9.92. The Hall–Kier alpha value is -1.51. The Balaban J connectivity index is 2.32. The third-order valence-electron chi connectivity index (χ3n) is 3.37. The molecule has 3 rings (SSSR count). The molecule has 0 saturated carbocycles. The third-order valence-corrected chi connectivity index (χ3v) is 3.37. The van der Waals surface area contributed by atoms with E-state index in [1.54, 1.807) is 0 Å². The third kappa shape index (κ3) is 1.09. The van der Waals surface area contributed by atoms with Crippen LogP contribution in [0.1, 0.15) is 16.8 Å². The number of aryl methyl sites for hydroxylation is 4. The summed E-state index contributed by atoms with van der Waals surface area (Å²) in [5.41, 5.74) is 6.71. The normalized spacial score (nSPS) is 13.8. The first-order valence-electron chi connectivity index (χ1n) is 5.34. The lowest BCUT2D eigenvalue weighted by Gasteiger charge is -2.10. The molecule has 0 unspecified atom stereocenters. The lowest BCUT2D eigenvalue weighted by Crippen LogP contribution is -2.00. The smallest absolute Gasteiger partial charge is 0.0975 e. The fraction of sp³-hybridized carbons (Fsp3) is 0.417. The molecule has 0 N–H and O–H groups in total. The van der Waals surface area contributed by atoms with Gasteiger partial charge in [0.25, 0.3) is 0 Å². The fourth-order valence-electron chi connectivity index (χ4n) is 2.52. The molecule has 2 aromatic rings. The Morgan fingerprint density at radius 1 is 1.13 bits per heavy atom. The zero-order valence-corrected chi connectivity index (χ0v) is 9.41. The van der Waals surface area contributed by atoms with Crippen molar-refractivity contribution in [2.24, 2.45) is 14.1 Å². The van der Waals surface area contributed by atoms with Crippen molar-refractivity contribution < 1.29 is 0 Å². The second kappa shape index (κ2) is 2.75. The van der Waals surface area contributed by atoms with E-state index in [1.165, 1.54) is 28.1 Å². The number of hydrogen-bond acceptors (Lipinski definition) is 1. The standard InChI is InChI=1S/C12H15N3/c1-8-11-9(6-14(8)2)4-5-10-7-15(3)13-12(10)11/h6-7H,4-5H2,1-3H3. The SMILES string of the molecule is Cc1c2c(cn1C)CCc1cn(C)nc1-2. The van der Waals surface area contributed by atoms with Crippen LogP contribution in [0.4, 0.5) is 0 Å². The zero-order chi connectivity index (χ0) is 10.6. The van der Waals surface area contributed by atoms with Crippen LogP contribution in [0.2, 0.25) is 0 Å². The molecule has 0 aromatic carbocycles. The Morgan fingerprint density at radius 3 is 2.67 bits per heavy atom. The van der Waals surface area contributed by atoms with E-state index in [9.17, 15) is 0 Å². The van der Waals surface area contributed by atoms with Crippen molar-refractivity contribution in [2.75, 3.05) is 0 Å². The minimum atomic E-state index is 1.12. The summed E-state index contributed by atoms with van der Waals surface area (Å²) in [5.74, 6) is 0. The first-order chi connectivity index (χ1) is 7.16. The van der Waals surface area contributed by atoms with Gasteiger partial charge in [-0.2, -0.15) is 5.10 Å². The van der Waals surface area contributed by atoms with Crippen LogP contribution >= 0.6 is 0 Å². The fourth-order valence-corrected chi connectivity index (χ4v) is 2.52. The maximum absolute atomic E-state index is 4.57. The average Bonchev–Trinajstić information content (AvgIpc) is 2.68. The van der Waals surface area contributed by atoms with Crippen LogP contribution in [0.5, 0.6) is 0 Å². The molecule has 1 aliphatic carbocycles. The number of aromatic nitrogens is 3. The van der Waals surface area contributed by atoms with Gasteiger partial charge >= 0.3 is 0 Å². The van der Waals surface area contributed by atoms with E-state index >= 15 is 0 Å². The molecule has 0 atom stereocenters. The Morgan fingerprint density at radius 2 is 1.87 bits per heavy atom. The van der Waals surface area contributed by atoms with E-state index in [-0.39, 0.29) is 0 Å². The van der Waals surface area contributed by atoms with Crippen LogP contribution in [0, 0.1) is 6.92 Å². The van der Waals surface area contributed by atoms with Gasteiger partial charge in [0.05, 0.1) is 5.69 Å². The molecular formula is C12H15N3. The molecule has 0 fully saturated rings. The second-order valence-corrected chi connectivity index (χ2v) is 4.40. The van der Waals surface area contributed by atoms with Crippen molar-refractivity contribution in [3.05, 3.63) is 29.2 Å². The summed E-state index contributed by atoms with van der Waals surface area (Å²) >= 11 is 0. The zero-order valence-electron chi connectivity index (χ0n) is 9.41. The molecule has 0 spiro atoms. The molecule has 0 bridgehead atoms. The molecule has 0 amide bonds. The van der Waals surface area contributed by atoms with E-state index in [1.807, 2.05) is 11.7 Å². The molecule has 0 aliphatic heterocycles. The molecule has 0 radical (unpaired) electrons. The van der Waals surface area contributed by atoms with Gasteiger partial charge in [0.15, 0.2) is 0 Å². The van der Waals surface area contributed by atoms with Crippen molar-refractivity contribution in [3.8, 4) is 11.3 Å². The molecule has 15 heavy (non-hydrogen) atoms. The largest absolute Gasteiger partial charge is 0.354 e. The highest BCUT2D eigenvalue weighted by molar-refractivity contribution is 5.72. The van der Waals surface area contributed by atoms with Gasteiger partial charge in [-0.25, -0.2) is 0 Å². The topological polar surface area (TPSA) is 22.8 Å². The van der Waals surface area contributed by atoms with Crippen molar-refractivity contribution in [2.45, 2.75) is 19.8 Å². The van der Waals surface area contributed by atoms with Gasteiger partial charge in [0.2, 0.25) is 0 Å². The van der Waals surface area contributed by atoms with Gasteiger partial charge in [-0.3, -0.25) is 4.68 Å². The van der Waals surface area contributed by atoms with Gasteiger partial charge in [0, 0.05) is 37.7 Å². The predicted octanol–water partition coefficient (Wildman–Crippen LogP) is 1.83. The molecule has 2 heterocycles. The maximum atomic E-state index is 4.57. The van der Waals surface area contributed by atoms with Crippen LogP contribution in [0.15, 0.2) is 12.4 Å². The van der Waals surface area contributed by atoms with Crippen molar-refractivity contribution >= 4 is 0 Å². The lowest BCUT2D eigenvalue weighted by molar-refractivity contribution is 0.769. The average molecular weight is 201 g/mol. The summed E-state index contributed by atoms with van der Waals surface area (Å²) in [6.45, 7) is 2.17. The van der Waals surface area contributed by atoms with Crippen molar-refractivity contribution in [3.63, 3.8) is 0 Å². The van der Waals surface area contributed by atoms with Crippen molar-refractivity contribution in [1.82, 2.24) is 14.3 Å². The Kier molecular flexibility index (Phi) is 1.61. The van der Waals surface area contributed by atoms with Crippen LogP contribution in [0.25, 0.3) is 11.3 Å². The number of rotatable bonds is 0. The van der Waals surface area contributed by atoms with Gasteiger partial charge in [-0.15, -0.1) is 0 Å². The monoisotopic (exact) mass is 201 g/mol. The quantitative estimate of drug-likeness (QED) is 0.637. The summed E-state index contributed by atoms with van der Waals surface area (Å²) < 4.78 is 4.13. The second-order valence-electron chi connectivity index (χ2n) is 4.40. The predicted molar refractivity (Wildman–Crippen MR) is 59.8 cm³/mol. The van der Waals surface area contributed by atoms with Gasteiger partial charge in [-0.05, 0) is 30.9 Å². The molecule has 2 aromatic heterocycles. The first kappa shape index (κ1) is 8.77. The summed E-state index contributed by atoms with van der Waals surface area (Å²) in [4.78, 5) is 0. The molecule has 3 heteroatoms. The van der Waals surface area contributed by atoms with Crippen LogP contribution in [0.3, 0.4) is 0 Å². The summed E-state index contributed by atoms with van der Waals surface area (Å²) in [7, 11) is 4.10. The van der Waals surface area contributed by atoms with E-state index in [2.05, 4.69) is 36.0 Å². The summed E-state index contributed by atoms with van der Waals surface area (Å²) in [6.07, 6.45) is 6.66. The Labute approximate surface area is 89.3 Å². The van der Waals surface area contributed by atoms with Gasteiger partial charge in [0.1, 0.15) is 0 Å². The first-order valence-corrected chi connectivity index (χ1v) is 5.34. The highest BCUT2D eigenvalue weighted by Crippen LogP contribution is 2.35. The number of hydrogen-bond donors (Lipinski definition) is 0. The van der Waals surface area contributed by atoms with Crippen molar-refractivity contribution in [1.29, 1.82) is 0 Å². The van der Waals surface area contributed by atoms with Gasteiger partial charge in [-0.1, -0.05) is 0 Å². The molecular weight excluding hydrogens is 186 g/mol. The summed E-state index contributed by atoms with van der Waals surface area (Å²) in [5, 5.41) is 4.57. The summed E-state index contributed by atoms with van der Waals surface area (Å²) in [6, 6.07) is 0. The number of fused-ring (bicyclic) bond motifs is 3. The molecule has 0 saturated heterocycles. The van der Waals surface area contributed by atoms with E-state index < -0.39 is 0 Å². The maximum Gasteiger partial charge on any atom is 0.0975 e. The van der Waals surface area contributed by atoms with E-state index in [0.717, 1.165) is 12.8 Å². The highest BCUT2D eigenvalue weighted by atomic mass is 15.3. The minimum Gasteiger partial charge on any atom is -0.354 e. The highest BCUT2D eigenvalue weighted by Gasteiger charge is 2.23. The van der Waals surface area contributed by atoms with E-state index in [0.29, 0.717) is 0 Å². The van der Waals surface area contributed by atoms with Crippen LogP contribution in [-0.4, -0.2) is 14.3 Å². The molecule has 78 valence electrons.